The second-order valence-electron chi connectivity index (χ2n) is 5.70. The van der Waals surface area contributed by atoms with Crippen LogP contribution in [0.4, 0.5) is 10.1 Å². The predicted octanol–water partition coefficient (Wildman–Crippen LogP) is 3.09. The predicted molar refractivity (Wildman–Crippen MR) is 72.3 cm³/mol. The number of benzene rings is 1. The minimum Gasteiger partial charge on any atom is -0.368 e. The first kappa shape index (κ1) is 12.0. The maximum atomic E-state index is 13.5. The zero-order valence-electron chi connectivity index (χ0n) is 11.1. The Labute approximate surface area is 108 Å². The molecule has 1 saturated carbocycles. The van der Waals surface area contributed by atoms with Crippen LogP contribution in [0.3, 0.4) is 0 Å². The van der Waals surface area contributed by atoms with Crippen molar-refractivity contribution in [1.29, 1.82) is 0 Å². The summed E-state index contributed by atoms with van der Waals surface area (Å²) in [7, 11) is 1.93. The molecule has 3 atom stereocenters. The summed E-state index contributed by atoms with van der Waals surface area (Å²) in [6.45, 7) is 3.24. The molecule has 3 heteroatoms. The summed E-state index contributed by atoms with van der Waals surface area (Å²) in [6.07, 6.45) is 4.00. The zero-order valence-corrected chi connectivity index (χ0v) is 11.1. The van der Waals surface area contributed by atoms with E-state index < -0.39 is 0 Å². The minimum absolute atomic E-state index is 0.139. The fourth-order valence-corrected chi connectivity index (χ4v) is 3.51. The van der Waals surface area contributed by atoms with Gasteiger partial charge in [0.15, 0.2) is 0 Å². The Bertz CT molecular complexity index is 446. The normalized spacial score (nSPS) is 27.8. The van der Waals surface area contributed by atoms with Gasteiger partial charge in [-0.3, -0.25) is 0 Å². The zero-order chi connectivity index (χ0) is 12.7. The SMILES string of the molecule is CNC(C)c1cc(F)ccc1N1CC2CCC1C2. The van der Waals surface area contributed by atoms with Crippen LogP contribution in [0.25, 0.3) is 0 Å². The number of anilines is 1. The summed E-state index contributed by atoms with van der Waals surface area (Å²) < 4.78 is 13.5. The van der Waals surface area contributed by atoms with Crippen LogP contribution in [0.15, 0.2) is 18.2 Å². The van der Waals surface area contributed by atoms with Crippen molar-refractivity contribution < 1.29 is 4.39 Å². The molecule has 1 aliphatic carbocycles. The van der Waals surface area contributed by atoms with Crippen molar-refractivity contribution >= 4 is 5.69 Å². The van der Waals surface area contributed by atoms with E-state index >= 15 is 0 Å². The molecule has 18 heavy (non-hydrogen) atoms. The van der Waals surface area contributed by atoms with Crippen molar-refractivity contribution in [1.82, 2.24) is 5.32 Å². The molecule has 0 amide bonds. The van der Waals surface area contributed by atoms with Crippen molar-refractivity contribution in [2.75, 3.05) is 18.5 Å². The number of nitrogens with one attached hydrogen (secondary N) is 1. The third-order valence-electron chi connectivity index (χ3n) is 4.61. The van der Waals surface area contributed by atoms with Gasteiger partial charge in [0.1, 0.15) is 5.82 Å². The van der Waals surface area contributed by atoms with E-state index in [1.54, 1.807) is 12.1 Å². The Morgan fingerprint density at radius 3 is 2.83 bits per heavy atom. The van der Waals surface area contributed by atoms with Crippen LogP contribution < -0.4 is 10.2 Å². The van der Waals surface area contributed by atoms with E-state index in [4.69, 9.17) is 0 Å². The molecular weight excluding hydrogens is 227 g/mol. The van der Waals surface area contributed by atoms with Crippen molar-refractivity contribution in [3.05, 3.63) is 29.6 Å². The molecule has 98 valence electrons. The minimum atomic E-state index is -0.139. The molecule has 1 aromatic carbocycles. The van der Waals surface area contributed by atoms with Gasteiger partial charge in [-0.25, -0.2) is 4.39 Å². The molecule has 1 heterocycles. The fraction of sp³-hybridized carbons (Fsp3) is 0.600. The van der Waals surface area contributed by atoms with Crippen LogP contribution in [0.2, 0.25) is 0 Å². The van der Waals surface area contributed by atoms with Gasteiger partial charge in [-0.15, -0.1) is 0 Å². The van der Waals surface area contributed by atoms with Crippen molar-refractivity contribution in [3.63, 3.8) is 0 Å². The van der Waals surface area contributed by atoms with Crippen LogP contribution in [-0.4, -0.2) is 19.6 Å². The first-order valence-corrected chi connectivity index (χ1v) is 6.92. The van der Waals surface area contributed by atoms with Crippen molar-refractivity contribution in [3.8, 4) is 0 Å². The Morgan fingerprint density at radius 2 is 2.22 bits per heavy atom. The summed E-state index contributed by atoms with van der Waals surface area (Å²) in [5.41, 5.74) is 2.32. The summed E-state index contributed by atoms with van der Waals surface area (Å²) >= 11 is 0. The molecule has 2 aliphatic rings. The van der Waals surface area contributed by atoms with Crippen LogP contribution in [0.1, 0.15) is 37.8 Å². The lowest BCUT2D eigenvalue weighted by molar-refractivity contribution is 0.547. The average molecular weight is 248 g/mol. The van der Waals surface area contributed by atoms with Crippen LogP contribution >= 0.6 is 0 Å². The highest BCUT2D eigenvalue weighted by atomic mass is 19.1. The molecule has 1 N–H and O–H groups in total. The first-order chi connectivity index (χ1) is 8.69. The molecule has 1 saturated heterocycles. The molecule has 1 aromatic rings. The van der Waals surface area contributed by atoms with Gasteiger partial charge < -0.3 is 10.2 Å². The van der Waals surface area contributed by atoms with Gasteiger partial charge in [-0.2, -0.15) is 0 Å². The van der Waals surface area contributed by atoms with E-state index in [0.717, 1.165) is 18.0 Å². The highest BCUT2D eigenvalue weighted by molar-refractivity contribution is 5.57. The summed E-state index contributed by atoms with van der Waals surface area (Å²) in [4.78, 5) is 2.50. The number of halogens is 1. The van der Waals surface area contributed by atoms with Gasteiger partial charge in [0.05, 0.1) is 0 Å². The third-order valence-corrected chi connectivity index (χ3v) is 4.61. The monoisotopic (exact) mass is 248 g/mol. The largest absolute Gasteiger partial charge is 0.368 e. The molecule has 2 fully saturated rings. The van der Waals surface area contributed by atoms with Gasteiger partial charge in [-0.1, -0.05) is 0 Å². The maximum absolute atomic E-state index is 13.5. The maximum Gasteiger partial charge on any atom is 0.123 e. The van der Waals surface area contributed by atoms with Gasteiger partial charge in [0.25, 0.3) is 0 Å². The lowest BCUT2D eigenvalue weighted by Gasteiger charge is -2.32. The topological polar surface area (TPSA) is 15.3 Å². The van der Waals surface area contributed by atoms with Gasteiger partial charge in [-0.05, 0) is 62.9 Å². The van der Waals surface area contributed by atoms with Gasteiger partial charge >= 0.3 is 0 Å². The Balaban J connectivity index is 1.96. The van der Waals surface area contributed by atoms with Crippen LogP contribution in [0.5, 0.6) is 0 Å². The molecular formula is C15H21FN2. The third kappa shape index (κ3) is 1.91. The van der Waals surface area contributed by atoms with E-state index in [9.17, 15) is 4.39 Å². The van der Waals surface area contributed by atoms with Gasteiger partial charge in [0, 0.05) is 24.3 Å². The Hall–Kier alpha value is -1.09. The number of hydrogen-bond donors (Lipinski definition) is 1. The second kappa shape index (κ2) is 4.54. The number of fused-ring (bicyclic) bond motifs is 2. The average Bonchev–Trinajstić information content (AvgIpc) is 3.00. The molecule has 3 rings (SSSR count). The highest BCUT2D eigenvalue weighted by Crippen LogP contribution is 2.42. The summed E-state index contributed by atoms with van der Waals surface area (Å²) in [5, 5.41) is 3.22. The van der Waals surface area contributed by atoms with Gasteiger partial charge in [0.2, 0.25) is 0 Å². The second-order valence-corrected chi connectivity index (χ2v) is 5.70. The highest BCUT2D eigenvalue weighted by Gasteiger charge is 2.38. The molecule has 0 radical (unpaired) electrons. The van der Waals surface area contributed by atoms with Crippen molar-refractivity contribution in [2.24, 2.45) is 5.92 Å². The van der Waals surface area contributed by atoms with Crippen LogP contribution in [0, 0.1) is 11.7 Å². The molecule has 2 nitrogen and oxygen atoms in total. The van der Waals surface area contributed by atoms with E-state index in [0.29, 0.717) is 6.04 Å². The van der Waals surface area contributed by atoms with Crippen LogP contribution in [-0.2, 0) is 0 Å². The Kier molecular flexibility index (Phi) is 3.02. The van der Waals surface area contributed by atoms with E-state index in [-0.39, 0.29) is 11.9 Å². The van der Waals surface area contributed by atoms with Crippen molar-refractivity contribution in [2.45, 2.75) is 38.3 Å². The van der Waals surface area contributed by atoms with E-state index in [1.165, 1.54) is 24.9 Å². The smallest absolute Gasteiger partial charge is 0.123 e. The summed E-state index contributed by atoms with van der Waals surface area (Å²) in [6, 6.07) is 6.10. The molecule has 0 aromatic heterocycles. The molecule has 1 aliphatic heterocycles. The van der Waals surface area contributed by atoms with E-state index in [2.05, 4.69) is 17.1 Å². The molecule has 3 unspecified atom stereocenters. The number of piperidine rings is 1. The quantitative estimate of drug-likeness (QED) is 0.884. The lowest BCUT2D eigenvalue weighted by Crippen LogP contribution is -2.33. The number of hydrogen-bond acceptors (Lipinski definition) is 2. The number of rotatable bonds is 3. The standard InChI is InChI=1S/C15H21FN2/c1-10(17-2)14-8-12(16)4-6-15(14)18-9-11-3-5-13(18)7-11/h4,6,8,10-11,13,17H,3,5,7,9H2,1-2H3. The lowest BCUT2D eigenvalue weighted by atomic mass is 10.0. The number of nitrogens with zero attached hydrogens (tertiary/aromatic N) is 1. The summed E-state index contributed by atoms with van der Waals surface area (Å²) in [5.74, 6) is 0.720. The van der Waals surface area contributed by atoms with E-state index in [1.807, 2.05) is 13.1 Å². The molecule has 2 bridgehead atoms. The fourth-order valence-electron chi connectivity index (χ4n) is 3.51. The molecule has 0 spiro atoms. The Morgan fingerprint density at radius 1 is 1.39 bits per heavy atom. The first-order valence-electron chi connectivity index (χ1n) is 6.92.